The van der Waals surface area contributed by atoms with E-state index in [4.69, 9.17) is 47.0 Å². The Hall–Kier alpha value is -1.53. The van der Waals surface area contributed by atoms with Gasteiger partial charge in [-0.05, 0) is 67.9 Å². The summed E-state index contributed by atoms with van der Waals surface area (Å²) in [6, 6.07) is 10.3. The fourth-order valence-electron chi connectivity index (χ4n) is 2.95. The minimum absolute atomic E-state index is 0.174. The van der Waals surface area contributed by atoms with Gasteiger partial charge < -0.3 is 10.2 Å². The highest BCUT2D eigenvalue weighted by Crippen LogP contribution is 2.30. The highest BCUT2D eigenvalue weighted by atomic mass is 35.5. The molecule has 1 aliphatic rings. The van der Waals surface area contributed by atoms with Crippen molar-refractivity contribution < 1.29 is 4.79 Å². The molecule has 0 spiro atoms. The Morgan fingerprint density at radius 2 is 1.67 bits per heavy atom. The van der Waals surface area contributed by atoms with Crippen LogP contribution in [0.4, 0.5) is 11.4 Å². The zero-order chi connectivity index (χ0) is 19.4. The lowest BCUT2D eigenvalue weighted by atomic mass is 10.1. The molecule has 8 heteroatoms. The van der Waals surface area contributed by atoms with Gasteiger partial charge in [0.15, 0.2) is 5.11 Å². The number of hydrogen-bond donors (Lipinski definition) is 2. The first-order valence-electron chi connectivity index (χ1n) is 8.56. The molecule has 1 amide bonds. The first-order valence-corrected chi connectivity index (χ1v) is 10.1. The standard InChI is InChI=1S/C19H18Cl3N3OS/c20-14-6-4-12(10-15(14)21)18(26)24-19(27)23-13-5-7-17(16(22)11-13)25-8-2-1-3-9-25/h4-7,10-11H,1-3,8-9H2,(H2,23,24,26,27). The largest absolute Gasteiger partial charge is 0.370 e. The second kappa shape index (κ2) is 9.11. The molecule has 0 aliphatic carbocycles. The SMILES string of the molecule is O=C(NC(=S)Nc1ccc(N2CCCCC2)c(Cl)c1)c1ccc(Cl)c(Cl)c1. The number of carbonyl (C=O) groups excluding carboxylic acids is 1. The van der Waals surface area contributed by atoms with Gasteiger partial charge >= 0.3 is 0 Å². The molecule has 27 heavy (non-hydrogen) atoms. The molecule has 0 saturated carbocycles. The van der Waals surface area contributed by atoms with Gasteiger partial charge in [0, 0.05) is 24.3 Å². The number of thiocarbonyl (C=S) groups is 1. The third kappa shape index (κ3) is 5.26. The second-order valence-corrected chi connectivity index (χ2v) is 7.88. The molecule has 0 atom stereocenters. The van der Waals surface area contributed by atoms with Crippen LogP contribution in [0.15, 0.2) is 36.4 Å². The van der Waals surface area contributed by atoms with Gasteiger partial charge in [0.1, 0.15) is 0 Å². The predicted molar refractivity (Wildman–Crippen MR) is 118 cm³/mol. The number of halogens is 3. The van der Waals surface area contributed by atoms with E-state index in [0.717, 1.165) is 18.8 Å². The van der Waals surface area contributed by atoms with Crippen molar-refractivity contribution >= 4 is 69.4 Å². The van der Waals surface area contributed by atoms with E-state index in [1.807, 2.05) is 18.2 Å². The highest BCUT2D eigenvalue weighted by Gasteiger charge is 2.15. The predicted octanol–water partition coefficient (Wildman–Crippen LogP) is 5.76. The van der Waals surface area contributed by atoms with Crippen molar-refractivity contribution in [2.24, 2.45) is 0 Å². The van der Waals surface area contributed by atoms with Crippen molar-refractivity contribution in [3.8, 4) is 0 Å². The number of hydrogen-bond acceptors (Lipinski definition) is 3. The van der Waals surface area contributed by atoms with Crippen molar-refractivity contribution in [1.82, 2.24) is 5.32 Å². The molecule has 0 bridgehead atoms. The molecule has 2 aromatic carbocycles. The number of carbonyl (C=O) groups is 1. The van der Waals surface area contributed by atoms with Crippen LogP contribution in [-0.4, -0.2) is 24.1 Å². The molecule has 142 valence electrons. The minimum atomic E-state index is -0.373. The number of amides is 1. The van der Waals surface area contributed by atoms with Gasteiger partial charge in [-0.15, -0.1) is 0 Å². The summed E-state index contributed by atoms with van der Waals surface area (Å²) in [6.45, 7) is 2.04. The average molecular weight is 443 g/mol. The summed E-state index contributed by atoms with van der Waals surface area (Å²) in [4.78, 5) is 14.6. The van der Waals surface area contributed by atoms with Crippen molar-refractivity contribution in [3.63, 3.8) is 0 Å². The van der Waals surface area contributed by atoms with E-state index in [1.54, 1.807) is 12.1 Å². The van der Waals surface area contributed by atoms with E-state index < -0.39 is 0 Å². The van der Waals surface area contributed by atoms with Gasteiger partial charge in [0.05, 0.1) is 20.8 Å². The number of nitrogens with one attached hydrogen (secondary N) is 2. The van der Waals surface area contributed by atoms with Crippen LogP contribution in [0.2, 0.25) is 15.1 Å². The molecule has 0 aromatic heterocycles. The molecule has 3 rings (SSSR count). The maximum atomic E-state index is 12.3. The Morgan fingerprint density at radius 3 is 2.33 bits per heavy atom. The first-order chi connectivity index (χ1) is 12.9. The number of nitrogens with zero attached hydrogens (tertiary/aromatic N) is 1. The van der Waals surface area contributed by atoms with Crippen molar-refractivity contribution in [1.29, 1.82) is 0 Å². The summed E-state index contributed by atoms with van der Waals surface area (Å²) >= 11 is 23.5. The Balaban J connectivity index is 1.62. The van der Waals surface area contributed by atoms with Gasteiger partial charge in [0.25, 0.3) is 5.91 Å². The summed E-state index contributed by atoms with van der Waals surface area (Å²) in [5, 5.41) is 7.11. The van der Waals surface area contributed by atoms with Crippen LogP contribution in [0.25, 0.3) is 0 Å². The lowest BCUT2D eigenvalue weighted by Gasteiger charge is -2.29. The monoisotopic (exact) mass is 441 g/mol. The molecule has 1 fully saturated rings. The van der Waals surface area contributed by atoms with Crippen LogP contribution >= 0.6 is 47.0 Å². The maximum Gasteiger partial charge on any atom is 0.257 e. The van der Waals surface area contributed by atoms with E-state index >= 15 is 0 Å². The number of anilines is 2. The van der Waals surface area contributed by atoms with Crippen molar-refractivity contribution in [2.75, 3.05) is 23.3 Å². The van der Waals surface area contributed by atoms with E-state index in [0.29, 0.717) is 26.3 Å². The van der Waals surface area contributed by atoms with Crippen LogP contribution in [0.1, 0.15) is 29.6 Å². The Bertz CT molecular complexity index is 869. The molecule has 1 aliphatic heterocycles. The van der Waals surface area contributed by atoms with Gasteiger partial charge in [-0.1, -0.05) is 34.8 Å². The molecule has 1 saturated heterocycles. The Labute approximate surface area is 178 Å². The zero-order valence-electron chi connectivity index (χ0n) is 14.4. The van der Waals surface area contributed by atoms with E-state index in [-0.39, 0.29) is 11.0 Å². The van der Waals surface area contributed by atoms with Crippen molar-refractivity contribution in [2.45, 2.75) is 19.3 Å². The normalized spacial score (nSPS) is 14.0. The summed E-state index contributed by atoms with van der Waals surface area (Å²) in [7, 11) is 0. The summed E-state index contributed by atoms with van der Waals surface area (Å²) < 4.78 is 0. The molecule has 2 aromatic rings. The van der Waals surface area contributed by atoms with E-state index in [9.17, 15) is 4.79 Å². The lowest BCUT2D eigenvalue weighted by molar-refractivity contribution is 0.0977. The molecule has 1 heterocycles. The Morgan fingerprint density at radius 1 is 0.926 bits per heavy atom. The topological polar surface area (TPSA) is 44.4 Å². The minimum Gasteiger partial charge on any atom is -0.370 e. The number of rotatable bonds is 3. The zero-order valence-corrected chi connectivity index (χ0v) is 17.5. The summed E-state index contributed by atoms with van der Waals surface area (Å²) in [5.74, 6) is -0.373. The van der Waals surface area contributed by atoms with E-state index in [2.05, 4.69) is 15.5 Å². The average Bonchev–Trinajstić information content (AvgIpc) is 2.64. The fraction of sp³-hybridized carbons (Fsp3) is 0.263. The van der Waals surface area contributed by atoms with Crippen molar-refractivity contribution in [3.05, 3.63) is 57.0 Å². The smallest absolute Gasteiger partial charge is 0.257 e. The van der Waals surface area contributed by atoms with Crippen LogP contribution in [0.5, 0.6) is 0 Å². The van der Waals surface area contributed by atoms with Crippen LogP contribution in [-0.2, 0) is 0 Å². The van der Waals surface area contributed by atoms with Crippen LogP contribution < -0.4 is 15.5 Å². The molecule has 0 radical (unpaired) electrons. The molecule has 2 N–H and O–H groups in total. The molecular weight excluding hydrogens is 425 g/mol. The summed E-state index contributed by atoms with van der Waals surface area (Å²) in [5.41, 5.74) is 2.10. The van der Waals surface area contributed by atoms with Crippen LogP contribution in [0.3, 0.4) is 0 Å². The van der Waals surface area contributed by atoms with Gasteiger partial charge in [-0.25, -0.2) is 0 Å². The fourth-order valence-corrected chi connectivity index (χ4v) is 3.76. The number of piperidine rings is 1. The molecule has 0 unspecified atom stereocenters. The van der Waals surface area contributed by atoms with Gasteiger partial charge in [0.2, 0.25) is 0 Å². The third-order valence-electron chi connectivity index (χ3n) is 4.31. The van der Waals surface area contributed by atoms with Gasteiger partial charge in [-0.2, -0.15) is 0 Å². The van der Waals surface area contributed by atoms with E-state index in [1.165, 1.54) is 25.3 Å². The third-order valence-corrected chi connectivity index (χ3v) is 5.56. The highest BCUT2D eigenvalue weighted by molar-refractivity contribution is 7.80. The lowest BCUT2D eigenvalue weighted by Crippen LogP contribution is -2.34. The molecule has 4 nitrogen and oxygen atoms in total. The Kier molecular flexibility index (Phi) is 6.82. The maximum absolute atomic E-state index is 12.3. The quantitative estimate of drug-likeness (QED) is 0.593. The first kappa shape index (κ1) is 20.2. The van der Waals surface area contributed by atoms with Gasteiger partial charge in [-0.3, -0.25) is 10.1 Å². The summed E-state index contributed by atoms with van der Waals surface area (Å²) in [6.07, 6.45) is 3.63. The second-order valence-electron chi connectivity index (χ2n) is 6.25. The van der Waals surface area contributed by atoms with Crippen LogP contribution in [0, 0.1) is 0 Å². The molecular formula is C19H18Cl3N3OS. The number of benzene rings is 2.